The highest BCUT2D eigenvalue weighted by atomic mass is 35.5. The summed E-state index contributed by atoms with van der Waals surface area (Å²) < 4.78 is 34.1. The van der Waals surface area contributed by atoms with Crippen LogP contribution in [0.15, 0.2) is 71.6 Å². The van der Waals surface area contributed by atoms with Gasteiger partial charge in [-0.25, -0.2) is 8.42 Å². The van der Waals surface area contributed by atoms with Crippen LogP contribution in [0.3, 0.4) is 0 Å². The number of amides is 2. The lowest BCUT2D eigenvalue weighted by Gasteiger charge is -2.33. The first-order valence-corrected chi connectivity index (χ1v) is 15.5. The molecule has 0 heterocycles. The summed E-state index contributed by atoms with van der Waals surface area (Å²) in [6.07, 6.45) is 1.04. The number of aryl methyl sites for hydroxylation is 1. The molecule has 0 aliphatic rings. The van der Waals surface area contributed by atoms with Crippen LogP contribution in [-0.4, -0.2) is 51.4 Å². The molecule has 3 rings (SSSR count). The Kier molecular flexibility index (Phi) is 11.5. The lowest BCUT2D eigenvalue weighted by atomic mass is 10.1. The molecule has 0 radical (unpaired) electrons. The molecular formula is C30H35Cl2N3O5S. The molecule has 0 aliphatic carbocycles. The summed E-state index contributed by atoms with van der Waals surface area (Å²) in [5, 5.41) is 3.52. The predicted molar refractivity (Wildman–Crippen MR) is 163 cm³/mol. The van der Waals surface area contributed by atoms with Crippen molar-refractivity contribution in [3.8, 4) is 5.75 Å². The maximum absolute atomic E-state index is 14.1. The molecule has 3 aromatic carbocycles. The van der Waals surface area contributed by atoms with Crippen LogP contribution < -0.4 is 14.4 Å². The molecule has 0 bridgehead atoms. The van der Waals surface area contributed by atoms with Gasteiger partial charge in [0.1, 0.15) is 18.3 Å². The number of halogens is 2. The minimum atomic E-state index is -4.17. The number of carbonyl (C=O) groups excluding carboxylic acids is 2. The highest BCUT2D eigenvalue weighted by molar-refractivity contribution is 7.92. The number of anilines is 1. The van der Waals surface area contributed by atoms with Crippen LogP contribution in [0.1, 0.15) is 37.8 Å². The van der Waals surface area contributed by atoms with E-state index in [2.05, 4.69) is 5.32 Å². The summed E-state index contributed by atoms with van der Waals surface area (Å²) in [6.45, 7) is 5.52. The van der Waals surface area contributed by atoms with E-state index >= 15 is 0 Å². The Bertz CT molecular complexity index is 1450. The molecule has 11 heteroatoms. The smallest absolute Gasteiger partial charge is 0.264 e. The molecule has 1 atom stereocenters. The first-order chi connectivity index (χ1) is 19.5. The molecule has 0 spiro atoms. The van der Waals surface area contributed by atoms with E-state index in [0.717, 1.165) is 16.3 Å². The highest BCUT2D eigenvalue weighted by Gasteiger charge is 2.33. The van der Waals surface area contributed by atoms with Crippen molar-refractivity contribution < 1.29 is 22.7 Å². The van der Waals surface area contributed by atoms with Gasteiger partial charge in [0.15, 0.2) is 0 Å². The number of ether oxygens (including phenoxy) is 1. The molecule has 3 aromatic rings. The molecule has 8 nitrogen and oxygen atoms in total. The Morgan fingerprint density at radius 3 is 2.17 bits per heavy atom. The molecule has 2 amide bonds. The second kappa shape index (κ2) is 14.6. The van der Waals surface area contributed by atoms with Gasteiger partial charge in [0.25, 0.3) is 10.0 Å². The van der Waals surface area contributed by atoms with Crippen molar-refractivity contribution in [1.82, 2.24) is 10.2 Å². The number of hydrogen-bond donors (Lipinski definition) is 1. The van der Waals surface area contributed by atoms with Crippen molar-refractivity contribution in [2.45, 2.75) is 51.1 Å². The second-order valence-electron chi connectivity index (χ2n) is 9.51. The van der Waals surface area contributed by atoms with Crippen LogP contribution in [0.5, 0.6) is 5.75 Å². The molecular weight excluding hydrogens is 585 g/mol. The summed E-state index contributed by atoms with van der Waals surface area (Å²) in [6, 6.07) is 16.9. The highest BCUT2D eigenvalue weighted by Crippen LogP contribution is 2.28. The fourth-order valence-corrected chi connectivity index (χ4v) is 5.97. The van der Waals surface area contributed by atoms with Crippen LogP contribution in [-0.2, 0) is 26.2 Å². The van der Waals surface area contributed by atoms with Gasteiger partial charge < -0.3 is 15.0 Å². The fourth-order valence-electron chi connectivity index (χ4n) is 4.23. The first kappa shape index (κ1) is 32.2. The molecule has 0 saturated heterocycles. The van der Waals surface area contributed by atoms with Gasteiger partial charge in [-0.2, -0.15) is 0 Å². The van der Waals surface area contributed by atoms with Crippen molar-refractivity contribution in [3.05, 3.63) is 87.9 Å². The third-order valence-electron chi connectivity index (χ3n) is 6.52. The Labute approximate surface area is 252 Å². The van der Waals surface area contributed by atoms with E-state index < -0.39 is 28.5 Å². The van der Waals surface area contributed by atoms with Crippen molar-refractivity contribution in [2.75, 3.05) is 24.5 Å². The number of methoxy groups -OCH3 is 1. The van der Waals surface area contributed by atoms with Crippen LogP contribution in [0.25, 0.3) is 0 Å². The van der Waals surface area contributed by atoms with Crippen molar-refractivity contribution in [2.24, 2.45) is 0 Å². The zero-order valence-electron chi connectivity index (χ0n) is 23.6. The molecule has 220 valence electrons. The van der Waals surface area contributed by atoms with E-state index in [9.17, 15) is 18.0 Å². The molecule has 1 unspecified atom stereocenters. The van der Waals surface area contributed by atoms with Gasteiger partial charge >= 0.3 is 0 Å². The van der Waals surface area contributed by atoms with Gasteiger partial charge in [-0.15, -0.1) is 0 Å². The fraction of sp³-hybridized carbons (Fsp3) is 0.333. The topological polar surface area (TPSA) is 96.0 Å². The summed E-state index contributed by atoms with van der Waals surface area (Å²) in [5.74, 6) is -0.339. The number of sulfonamides is 1. The molecule has 1 N–H and O–H groups in total. The Morgan fingerprint density at radius 2 is 1.61 bits per heavy atom. The number of nitrogens with one attached hydrogen (secondary N) is 1. The average Bonchev–Trinajstić information content (AvgIpc) is 2.96. The van der Waals surface area contributed by atoms with Gasteiger partial charge in [-0.1, -0.05) is 60.8 Å². The van der Waals surface area contributed by atoms with Gasteiger partial charge in [-0.3, -0.25) is 13.9 Å². The average molecular weight is 621 g/mol. The molecule has 0 saturated carbocycles. The van der Waals surface area contributed by atoms with E-state index in [0.29, 0.717) is 34.3 Å². The van der Waals surface area contributed by atoms with Crippen LogP contribution in [0.4, 0.5) is 5.69 Å². The Hall–Kier alpha value is -3.27. The largest absolute Gasteiger partial charge is 0.497 e. The quantitative estimate of drug-likeness (QED) is 0.259. The Balaban J connectivity index is 2.06. The maximum Gasteiger partial charge on any atom is 0.264 e. The number of benzene rings is 3. The van der Waals surface area contributed by atoms with E-state index in [1.54, 1.807) is 61.5 Å². The lowest BCUT2D eigenvalue weighted by Crippen LogP contribution is -2.52. The van der Waals surface area contributed by atoms with Gasteiger partial charge in [0.2, 0.25) is 11.8 Å². The third-order valence-corrected chi connectivity index (χ3v) is 9.05. The van der Waals surface area contributed by atoms with Gasteiger partial charge in [-0.05, 0) is 73.9 Å². The molecule has 0 aromatic heterocycles. The van der Waals surface area contributed by atoms with E-state index in [1.807, 2.05) is 13.8 Å². The number of nitrogens with zero attached hydrogens (tertiary/aromatic N) is 2. The predicted octanol–water partition coefficient (Wildman–Crippen LogP) is 5.84. The Morgan fingerprint density at radius 1 is 0.951 bits per heavy atom. The summed E-state index contributed by atoms with van der Waals surface area (Å²) in [4.78, 5) is 28.7. The molecule has 0 fully saturated rings. The third kappa shape index (κ3) is 8.15. The number of carbonyl (C=O) groups is 2. The monoisotopic (exact) mass is 619 g/mol. The number of rotatable bonds is 13. The van der Waals surface area contributed by atoms with Crippen molar-refractivity contribution >= 4 is 50.7 Å². The van der Waals surface area contributed by atoms with Crippen molar-refractivity contribution in [3.63, 3.8) is 0 Å². The van der Waals surface area contributed by atoms with Crippen LogP contribution >= 0.6 is 23.2 Å². The van der Waals surface area contributed by atoms with Gasteiger partial charge in [0, 0.05) is 13.1 Å². The van der Waals surface area contributed by atoms with Crippen molar-refractivity contribution in [1.29, 1.82) is 0 Å². The van der Waals surface area contributed by atoms with Crippen LogP contribution in [0, 0.1) is 6.92 Å². The minimum Gasteiger partial charge on any atom is -0.497 e. The van der Waals surface area contributed by atoms with E-state index in [4.69, 9.17) is 27.9 Å². The minimum absolute atomic E-state index is 0.0226. The molecule has 41 heavy (non-hydrogen) atoms. The summed E-state index contributed by atoms with van der Waals surface area (Å²) >= 11 is 12.3. The molecule has 0 aliphatic heterocycles. The second-order valence-corrected chi connectivity index (χ2v) is 12.2. The zero-order chi connectivity index (χ0) is 30.2. The van der Waals surface area contributed by atoms with Crippen LogP contribution in [0.2, 0.25) is 10.0 Å². The van der Waals surface area contributed by atoms with E-state index in [1.165, 1.54) is 24.1 Å². The van der Waals surface area contributed by atoms with Gasteiger partial charge in [0.05, 0.1) is 27.7 Å². The summed E-state index contributed by atoms with van der Waals surface area (Å²) in [7, 11) is -2.66. The lowest BCUT2D eigenvalue weighted by molar-refractivity contribution is -0.140. The first-order valence-electron chi connectivity index (χ1n) is 13.3. The zero-order valence-corrected chi connectivity index (χ0v) is 25.9. The number of hydrogen-bond acceptors (Lipinski definition) is 5. The SMILES string of the molecule is CCCNC(=O)C(CC)N(Cc1ccc(Cl)c(Cl)c1)C(=O)CN(c1ccc(OC)cc1)S(=O)(=O)c1ccc(C)cc1. The standard InChI is InChI=1S/C30H35Cl2N3O5S/c1-5-17-33-30(37)28(6-2)34(19-22-9-16-26(31)27(32)18-22)29(36)20-35(23-10-12-24(40-4)13-11-23)41(38,39)25-14-7-21(3)8-15-25/h7-16,18,28H,5-6,17,19-20H2,1-4H3,(H,33,37). The maximum atomic E-state index is 14.1. The van der Waals surface area contributed by atoms with E-state index in [-0.39, 0.29) is 23.0 Å². The normalized spacial score (nSPS) is 12.0. The summed E-state index contributed by atoms with van der Waals surface area (Å²) in [5.41, 5.74) is 1.82.